The number of nitrogens with zero attached hydrogens (tertiary/aromatic N) is 4. The topological polar surface area (TPSA) is 67.8 Å². The lowest BCUT2D eigenvalue weighted by molar-refractivity contribution is 0.0746. The highest BCUT2D eigenvalue weighted by atomic mass is 16.5. The number of hydrogen-bond acceptors (Lipinski definition) is 6. The molecule has 0 N–H and O–H groups in total. The van der Waals surface area contributed by atoms with E-state index in [1.165, 1.54) is 0 Å². The van der Waals surface area contributed by atoms with E-state index in [1.54, 1.807) is 0 Å². The van der Waals surface area contributed by atoms with Crippen LogP contribution in [0.4, 0.5) is 5.82 Å². The van der Waals surface area contributed by atoms with Crippen molar-refractivity contribution in [3.05, 3.63) is 66.2 Å². The monoisotopic (exact) mass is 432 g/mol. The summed E-state index contributed by atoms with van der Waals surface area (Å²) < 4.78 is 10.9. The normalized spacial score (nSPS) is 13.7. The first-order valence-corrected chi connectivity index (χ1v) is 11.0. The minimum atomic E-state index is 0.0460. The maximum atomic E-state index is 12.8. The van der Waals surface area contributed by atoms with Gasteiger partial charge < -0.3 is 19.3 Å². The minimum absolute atomic E-state index is 0.0460. The van der Waals surface area contributed by atoms with Gasteiger partial charge in [-0.1, -0.05) is 0 Å². The van der Waals surface area contributed by atoms with Gasteiger partial charge in [-0.05, 0) is 74.5 Å². The SMILES string of the molecule is CCOc1ccc(C(=O)N2CCN(c3ccc(-c4ccc(OCC)cc4)nn3)CC2)cc1. The zero-order chi connectivity index (χ0) is 22.3. The summed E-state index contributed by atoms with van der Waals surface area (Å²) in [4.78, 5) is 16.9. The number of carbonyl (C=O) groups excluding carboxylic acids is 1. The summed E-state index contributed by atoms with van der Waals surface area (Å²) in [5.74, 6) is 2.50. The first kappa shape index (κ1) is 21.6. The van der Waals surface area contributed by atoms with E-state index in [0.717, 1.165) is 41.7 Å². The number of carbonyl (C=O) groups is 1. The Kier molecular flexibility index (Phi) is 6.84. The average Bonchev–Trinajstić information content (AvgIpc) is 2.85. The Labute approximate surface area is 188 Å². The van der Waals surface area contributed by atoms with E-state index in [4.69, 9.17) is 9.47 Å². The van der Waals surface area contributed by atoms with Crippen LogP contribution >= 0.6 is 0 Å². The van der Waals surface area contributed by atoms with Crippen LogP contribution in [0, 0.1) is 0 Å². The van der Waals surface area contributed by atoms with Crippen LogP contribution in [0.15, 0.2) is 60.7 Å². The van der Waals surface area contributed by atoms with Gasteiger partial charge >= 0.3 is 0 Å². The highest BCUT2D eigenvalue weighted by Gasteiger charge is 2.23. The summed E-state index contributed by atoms with van der Waals surface area (Å²) in [7, 11) is 0. The van der Waals surface area contributed by atoms with E-state index in [9.17, 15) is 4.79 Å². The summed E-state index contributed by atoms with van der Waals surface area (Å²) in [5, 5.41) is 8.82. The van der Waals surface area contributed by atoms with Crippen molar-refractivity contribution in [3.63, 3.8) is 0 Å². The van der Waals surface area contributed by atoms with Crippen LogP contribution in [-0.2, 0) is 0 Å². The van der Waals surface area contributed by atoms with Crippen LogP contribution in [0.2, 0.25) is 0 Å². The molecule has 7 heteroatoms. The number of piperazine rings is 1. The molecule has 32 heavy (non-hydrogen) atoms. The van der Waals surface area contributed by atoms with Gasteiger partial charge in [-0.15, -0.1) is 10.2 Å². The van der Waals surface area contributed by atoms with Crippen molar-refractivity contribution in [2.45, 2.75) is 13.8 Å². The lowest BCUT2D eigenvalue weighted by atomic mass is 10.1. The van der Waals surface area contributed by atoms with Crippen molar-refractivity contribution in [1.29, 1.82) is 0 Å². The fourth-order valence-electron chi connectivity index (χ4n) is 3.72. The molecule has 0 bridgehead atoms. The van der Waals surface area contributed by atoms with Gasteiger partial charge in [-0.2, -0.15) is 0 Å². The van der Waals surface area contributed by atoms with Gasteiger partial charge in [0, 0.05) is 37.3 Å². The van der Waals surface area contributed by atoms with Gasteiger partial charge in [0.1, 0.15) is 11.5 Å². The molecule has 0 saturated carbocycles. The zero-order valence-corrected chi connectivity index (χ0v) is 18.5. The van der Waals surface area contributed by atoms with Crippen molar-refractivity contribution >= 4 is 11.7 Å². The summed E-state index contributed by atoms with van der Waals surface area (Å²) in [6.07, 6.45) is 0. The van der Waals surface area contributed by atoms with E-state index in [-0.39, 0.29) is 5.91 Å². The third kappa shape index (κ3) is 4.99. The van der Waals surface area contributed by atoms with E-state index in [0.29, 0.717) is 31.9 Å². The Hall–Kier alpha value is -3.61. The van der Waals surface area contributed by atoms with Crippen molar-refractivity contribution < 1.29 is 14.3 Å². The smallest absolute Gasteiger partial charge is 0.253 e. The molecule has 1 aromatic heterocycles. The molecule has 1 fully saturated rings. The third-order valence-corrected chi connectivity index (χ3v) is 5.41. The quantitative estimate of drug-likeness (QED) is 0.564. The van der Waals surface area contributed by atoms with Crippen molar-refractivity contribution in [3.8, 4) is 22.8 Å². The van der Waals surface area contributed by atoms with Gasteiger partial charge in [0.15, 0.2) is 5.82 Å². The van der Waals surface area contributed by atoms with Crippen LogP contribution < -0.4 is 14.4 Å². The molecule has 0 atom stereocenters. The average molecular weight is 433 g/mol. The molecule has 0 aliphatic carbocycles. The number of ether oxygens (including phenoxy) is 2. The van der Waals surface area contributed by atoms with Crippen LogP contribution in [0.5, 0.6) is 11.5 Å². The van der Waals surface area contributed by atoms with E-state index >= 15 is 0 Å². The number of amides is 1. The predicted octanol–water partition coefficient (Wildman–Crippen LogP) is 3.90. The van der Waals surface area contributed by atoms with Crippen molar-refractivity contribution in [1.82, 2.24) is 15.1 Å². The molecule has 4 rings (SSSR count). The highest BCUT2D eigenvalue weighted by Crippen LogP contribution is 2.22. The molecule has 1 amide bonds. The number of anilines is 1. The van der Waals surface area contributed by atoms with Gasteiger partial charge in [0.05, 0.1) is 18.9 Å². The largest absolute Gasteiger partial charge is 0.494 e. The lowest BCUT2D eigenvalue weighted by Gasteiger charge is -2.35. The molecule has 1 aliphatic rings. The molecule has 1 saturated heterocycles. The Balaban J connectivity index is 1.34. The van der Waals surface area contributed by atoms with Crippen LogP contribution in [-0.4, -0.2) is 60.4 Å². The molecular formula is C25H28N4O3. The van der Waals surface area contributed by atoms with Gasteiger partial charge in [0.2, 0.25) is 0 Å². The molecule has 1 aliphatic heterocycles. The zero-order valence-electron chi connectivity index (χ0n) is 18.5. The Morgan fingerprint density at radius 1 is 0.781 bits per heavy atom. The number of hydrogen-bond donors (Lipinski definition) is 0. The van der Waals surface area contributed by atoms with E-state index in [2.05, 4.69) is 15.1 Å². The molecule has 2 heterocycles. The maximum Gasteiger partial charge on any atom is 0.253 e. The fourth-order valence-corrected chi connectivity index (χ4v) is 3.72. The first-order chi connectivity index (χ1) is 15.7. The van der Waals surface area contributed by atoms with Crippen LogP contribution in [0.25, 0.3) is 11.3 Å². The Morgan fingerprint density at radius 2 is 1.38 bits per heavy atom. The molecule has 0 spiro atoms. The van der Waals surface area contributed by atoms with Crippen molar-refractivity contribution in [2.75, 3.05) is 44.3 Å². The second-order valence-electron chi connectivity index (χ2n) is 7.47. The summed E-state index contributed by atoms with van der Waals surface area (Å²) in [5.41, 5.74) is 2.50. The van der Waals surface area contributed by atoms with Gasteiger partial charge in [0.25, 0.3) is 5.91 Å². The van der Waals surface area contributed by atoms with E-state index in [1.807, 2.05) is 79.4 Å². The minimum Gasteiger partial charge on any atom is -0.494 e. The molecule has 7 nitrogen and oxygen atoms in total. The summed E-state index contributed by atoms with van der Waals surface area (Å²) in [6.45, 7) is 7.90. The fraction of sp³-hybridized carbons (Fsp3) is 0.320. The summed E-state index contributed by atoms with van der Waals surface area (Å²) in [6, 6.07) is 19.2. The third-order valence-electron chi connectivity index (χ3n) is 5.41. The number of benzene rings is 2. The molecule has 166 valence electrons. The Morgan fingerprint density at radius 3 is 1.91 bits per heavy atom. The maximum absolute atomic E-state index is 12.8. The second-order valence-corrected chi connectivity index (χ2v) is 7.47. The van der Waals surface area contributed by atoms with Gasteiger partial charge in [-0.25, -0.2) is 0 Å². The lowest BCUT2D eigenvalue weighted by Crippen LogP contribution is -2.49. The molecular weight excluding hydrogens is 404 g/mol. The molecule has 0 radical (unpaired) electrons. The molecule has 3 aromatic rings. The number of aromatic nitrogens is 2. The van der Waals surface area contributed by atoms with E-state index < -0.39 is 0 Å². The van der Waals surface area contributed by atoms with Gasteiger partial charge in [-0.3, -0.25) is 4.79 Å². The first-order valence-electron chi connectivity index (χ1n) is 11.0. The number of rotatable bonds is 7. The van der Waals surface area contributed by atoms with Crippen LogP contribution in [0.1, 0.15) is 24.2 Å². The predicted molar refractivity (Wildman–Crippen MR) is 124 cm³/mol. The Bertz CT molecular complexity index is 1010. The van der Waals surface area contributed by atoms with Crippen molar-refractivity contribution in [2.24, 2.45) is 0 Å². The highest BCUT2D eigenvalue weighted by molar-refractivity contribution is 5.94. The second kappa shape index (κ2) is 10.1. The molecule has 2 aromatic carbocycles. The van der Waals surface area contributed by atoms with Crippen LogP contribution in [0.3, 0.4) is 0 Å². The standard InChI is InChI=1S/C25H28N4O3/c1-3-31-21-9-5-19(6-10-21)23-13-14-24(27-26-23)28-15-17-29(18-16-28)25(30)20-7-11-22(12-8-20)32-4-2/h5-14H,3-4,15-18H2,1-2H3. The summed E-state index contributed by atoms with van der Waals surface area (Å²) >= 11 is 0. The molecule has 0 unspecified atom stereocenters.